The van der Waals surface area contributed by atoms with Crippen LogP contribution < -0.4 is 0 Å². The van der Waals surface area contributed by atoms with Crippen LogP contribution in [0.2, 0.25) is 16.6 Å². The smallest absolute Gasteiger partial charge is 0.306 e. The van der Waals surface area contributed by atoms with Gasteiger partial charge in [-0.2, -0.15) is 0 Å². The molecule has 0 saturated carbocycles. The molecule has 6 heteroatoms. The molecule has 1 atom stereocenters. The third kappa shape index (κ3) is 4.93. The highest BCUT2D eigenvalue weighted by Gasteiger charge is 2.43. The van der Waals surface area contributed by atoms with Crippen LogP contribution in [0.5, 0.6) is 0 Å². The molecule has 0 N–H and O–H groups in total. The zero-order valence-corrected chi connectivity index (χ0v) is 17.2. The van der Waals surface area contributed by atoms with Crippen LogP contribution >= 0.6 is 7.60 Å². The number of rotatable bonds is 8. The molecule has 0 aliphatic rings. The summed E-state index contributed by atoms with van der Waals surface area (Å²) < 4.78 is 37.0. The molecule has 0 aromatic heterocycles. The highest BCUT2D eigenvalue weighted by Crippen LogP contribution is 2.53. The topological polar surface area (TPSA) is 35.5 Å². The number of hydrogen-bond donors (Lipinski definition) is 0. The van der Waals surface area contributed by atoms with Crippen molar-refractivity contribution in [2.75, 3.05) is 13.2 Å². The van der Waals surface area contributed by atoms with Gasteiger partial charge in [-0.1, -0.05) is 47.5 Å². The van der Waals surface area contributed by atoms with E-state index < -0.39 is 21.6 Å². The molecule has 0 aliphatic carbocycles. The molecule has 130 valence electrons. The zero-order valence-electron chi connectivity index (χ0n) is 15.3. The Bertz CT molecular complexity index is 409. The standard InChI is InChI=1S/C16H32FO3PSi/c1-9-19-21(18,20-10-2)16(17)11-12-22(13(3)4,14(5)6)15(7)8/h13-16H,9-10H2,1-8H3. The molecule has 0 aromatic rings. The van der Waals surface area contributed by atoms with E-state index >= 15 is 0 Å². The number of hydrogen-bond acceptors (Lipinski definition) is 3. The van der Waals surface area contributed by atoms with Gasteiger partial charge in [-0.15, -0.1) is 5.54 Å². The normalized spacial score (nSPS) is 14.4. The van der Waals surface area contributed by atoms with Crippen molar-refractivity contribution < 1.29 is 18.0 Å². The van der Waals surface area contributed by atoms with Gasteiger partial charge >= 0.3 is 7.60 Å². The minimum atomic E-state index is -3.81. The molecule has 0 radical (unpaired) electrons. The maximum Gasteiger partial charge on any atom is 0.376 e. The molecule has 0 fully saturated rings. The van der Waals surface area contributed by atoms with Crippen molar-refractivity contribution in [1.82, 2.24) is 0 Å². The summed E-state index contributed by atoms with van der Waals surface area (Å²) in [6.45, 7) is 16.5. The van der Waals surface area contributed by atoms with Gasteiger partial charge in [0.1, 0.15) is 8.07 Å². The first-order valence-corrected chi connectivity index (χ1v) is 12.0. The van der Waals surface area contributed by atoms with E-state index in [4.69, 9.17) is 9.05 Å². The Morgan fingerprint density at radius 3 is 1.59 bits per heavy atom. The summed E-state index contributed by atoms with van der Waals surface area (Å²) >= 11 is 0. The molecule has 0 heterocycles. The number of alkyl halides is 1. The average Bonchev–Trinajstić information content (AvgIpc) is 2.38. The summed E-state index contributed by atoms with van der Waals surface area (Å²) in [6, 6.07) is 0. The second-order valence-electron chi connectivity index (χ2n) is 6.38. The highest BCUT2D eigenvalue weighted by atomic mass is 31.2. The first-order valence-electron chi connectivity index (χ1n) is 8.13. The molecule has 0 saturated heterocycles. The van der Waals surface area contributed by atoms with Crippen LogP contribution in [0.15, 0.2) is 0 Å². The first kappa shape index (κ1) is 21.9. The third-order valence-corrected chi connectivity index (χ3v) is 12.4. The Morgan fingerprint density at radius 1 is 0.955 bits per heavy atom. The molecule has 3 nitrogen and oxygen atoms in total. The molecule has 0 rings (SSSR count). The van der Waals surface area contributed by atoms with Crippen LogP contribution in [-0.4, -0.2) is 27.2 Å². The van der Waals surface area contributed by atoms with Crippen molar-refractivity contribution in [2.24, 2.45) is 0 Å². The van der Waals surface area contributed by atoms with E-state index in [1.165, 1.54) is 0 Å². The van der Waals surface area contributed by atoms with Crippen LogP contribution in [-0.2, 0) is 13.6 Å². The van der Waals surface area contributed by atoms with Gasteiger partial charge in [0.25, 0.3) is 5.91 Å². The van der Waals surface area contributed by atoms with Crippen molar-refractivity contribution in [3.05, 3.63) is 0 Å². The highest BCUT2D eigenvalue weighted by molar-refractivity contribution is 7.54. The lowest BCUT2D eigenvalue weighted by atomic mass is 10.5. The SMILES string of the molecule is CCOP(=O)(OCC)C(F)C#C[Si](C(C)C)(C(C)C)C(C)C. The summed E-state index contributed by atoms with van der Waals surface area (Å²) in [5.41, 5.74) is 4.42. The maximum atomic E-state index is 14.5. The summed E-state index contributed by atoms with van der Waals surface area (Å²) in [5.74, 6) is 0.731. The summed E-state index contributed by atoms with van der Waals surface area (Å²) in [6.07, 6.45) is 0. The lowest BCUT2D eigenvalue weighted by Gasteiger charge is -2.38. The van der Waals surface area contributed by atoms with Crippen LogP contribution in [0.3, 0.4) is 0 Å². The van der Waals surface area contributed by atoms with Gasteiger partial charge in [0, 0.05) is 0 Å². The zero-order chi connectivity index (χ0) is 17.6. The molecule has 0 spiro atoms. The van der Waals surface area contributed by atoms with E-state index in [0.717, 1.165) is 0 Å². The predicted octanol–water partition coefficient (Wildman–Crippen LogP) is 5.77. The monoisotopic (exact) mass is 350 g/mol. The van der Waals surface area contributed by atoms with Gasteiger partial charge in [0.2, 0.25) is 0 Å². The lowest BCUT2D eigenvalue weighted by molar-refractivity contribution is 0.200. The van der Waals surface area contributed by atoms with Crippen molar-refractivity contribution >= 4 is 15.7 Å². The summed E-state index contributed by atoms with van der Waals surface area (Å²) in [4.78, 5) is 0. The second kappa shape index (κ2) is 9.23. The molecule has 0 aliphatic heterocycles. The number of halogens is 1. The molecular weight excluding hydrogens is 318 g/mol. The molecular formula is C16H32FO3PSi. The van der Waals surface area contributed by atoms with Gasteiger partial charge in [-0.25, -0.2) is 4.39 Å². The quantitative estimate of drug-likeness (QED) is 0.317. The van der Waals surface area contributed by atoms with Crippen LogP contribution in [0, 0.1) is 11.5 Å². The Labute approximate surface area is 136 Å². The van der Waals surface area contributed by atoms with Crippen LogP contribution in [0.25, 0.3) is 0 Å². The summed E-state index contributed by atoms with van der Waals surface area (Å²) in [5, 5.41) is 0. The van der Waals surface area contributed by atoms with Crippen LogP contribution in [0.1, 0.15) is 55.4 Å². The van der Waals surface area contributed by atoms with Gasteiger partial charge in [-0.3, -0.25) is 4.57 Å². The predicted molar refractivity (Wildman–Crippen MR) is 94.6 cm³/mol. The molecule has 0 aromatic carbocycles. The fourth-order valence-electron chi connectivity index (χ4n) is 3.22. The second-order valence-corrected chi connectivity index (χ2v) is 14.0. The van der Waals surface area contributed by atoms with Crippen molar-refractivity contribution in [1.29, 1.82) is 0 Å². The largest absolute Gasteiger partial charge is 0.376 e. The molecule has 22 heavy (non-hydrogen) atoms. The molecule has 0 bridgehead atoms. The molecule has 1 unspecified atom stereocenters. The lowest BCUT2D eigenvalue weighted by Crippen LogP contribution is -2.43. The van der Waals surface area contributed by atoms with E-state index in [0.29, 0.717) is 16.6 Å². The Morgan fingerprint density at radius 2 is 1.32 bits per heavy atom. The van der Waals surface area contributed by atoms with Crippen molar-refractivity contribution in [3.8, 4) is 11.5 Å². The minimum Gasteiger partial charge on any atom is -0.306 e. The Balaban J connectivity index is 5.67. The Hall–Kier alpha value is -0.143. The molecule has 0 amide bonds. The van der Waals surface area contributed by atoms with E-state index in [1.807, 2.05) is 0 Å². The fourth-order valence-corrected chi connectivity index (χ4v) is 9.87. The summed E-state index contributed by atoms with van der Waals surface area (Å²) in [7, 11) is -5.85. The van der Waals surface area contributed by atoms with Gasteiger partial charge in [0.05, 0.1) is 13.2 Å². The van der Waals surface area contributed by atoms with Crippen molar-refractivity contribution in [3.63, 3.8) is 0 Å². The average molecular weight is 350 g/mol. The van der Waals surface area contributed by atoms with Gasteiger partial charge in [-0.05, 0) is 30.5 Å². The third-order valence-electron chi connectivity index (χ3n) is 4.17. The Kier molecular flexibility index (Phi) is 9.17. The van der Waals surface area contributed by atoms with E-state index in [9.17, 15) is 8.96 Å². The van der Waals surface area contributed by atoms with E-state index in [-0.39, 0.29) is 13.2 Å². The van der Waals surface area contributed by atoms with E-state index in [2.05, 4.69) is 53.0 Å². The maximum absolute atomic E-state index is 14.5. The van der Waals surface area contributed by atoms with E-state index in [1.54, 1.807) is 13.8 Å². The van der Waals surface area contributed by atoms with Gasteiger partial charge in [0.15, 0.2) is 0 Å². The van der Waals surface area contributed by atoms with Crippen molar-refractivity contribution in [2.45, 2.75) is 77.9 Å². The minimum absolute atomic E-state index is 0.139. The van der Waals surface area contributed by atoms with Gasteiger partial charge < -0.3 is 9.05 Å². The van der Waals surface area contributed by atoms with Crippen LogP contribution in [0.4, 0.5) is 4.39 Å². The first-order chi connectivity index (χ1) is 10.1. The fraction of sp³-hybridized carbons (Fsp3) is 0.875.